The molecule has 1 aromatic rings. The zero-order valence-corrected chi connectivity index (χ0v) is 15.4. The summed E-state index contributed by atoms with van der Waals surface area (Å²) in [6.07, 6.45) is 4.08. The zero-order valence-electron chi connectivity index (χ0n) is 15.4. The Hall–Kier alpha value is -1.56. The van der Waals surface area contributed by atoms with Crippen LogP contribution in [0.2, 0.25) is 0 Å². The lowest BCUT2D eigenvalue weighted by atomic mass is 9.53. The number of hydrogen-bond acceptors (Lipinski definition) is 5. The highest BCUT2D eigenvalue weighted by molar-refractivity contribution is 5.67. The van der Waals surface area contributed by atoms with Crippen LogP contribution in [0.15, 0.2) is 18.2 Å². The molecule has 2 aliphatic carbocycles. The normalized spacial score (nSPS) is 41.6. The molecule has 4 atom stereocenters. The quantitative estimate of drug-likeness (QED) is 0.806. The lowest BCUT2D eigenvalue weighted by Gasteiger charge is -2.53. The SMILES string of the molecule is COc1cc(OC)c2c(c1)C(O)[C@]1(O)CC[C@]3(C)O[C@@]3(/C=C\2)C1(C)C. The van der Waals surface area contributed by atoms with E-state index in [1.807, 2.05) is 26.0 Å². The number of aliphatic hydroxyl groups excluding tert-OH is 1. The lowest BCUT2D eigenvalue weighted by Crippen LogP contribution is -2.61. The van der Waals surface area contributed by atoms with E-state index in [4.69, 9.17) is 14.2 Å². The predicted octanol–water partition coefficient (Wildman–Crippen LogP) is 2.84. The van der Waals surface area contributed by atoms with Gasteiger partial charge in [0.05, 0.1) is 14.2 Å². The summed E-state index contributed by atoms with van der Waals surface area (Å²) < 4.78 is 17.1. The van der Waals surface area contributed by atoms with Crippen molar-refractivity contribution in [3.63, 3.8) is 0 Å². The van der Waals surface area contributed by atoms with Gasteiger partial charge in [0.15, 0.2) is 0 Å². The van der Waals surface area contributed by atoms with E-state index in [1.165, 1.54) is 0 Å². The zero-order chi connectivity index (χ0) is 18.3. The summed E-state index contributed by atoms with van der Waals surface area (Å²) in [4.78, 5) is 0. The summed E-state index contributed by atoms with van der Waals surface area (Å²) in [5, 5.41) is 22.9. The molecule has 4 rings (SSSR count). The Morgan fingerprint density at radius 3 is 2.48 bits per heavy atom. The van der Waals surface area contributed by atoms with Crippen LogP contribution < -0.4 is 9.47 Å². The number of methoxy groups -OCH3 is 2. The van der Waals surface area contributed by atoms with Crippen molar-refractivity contribution >= 4 is 6.08 Å². The fourth-order valence-corrected chi connectivity index (χ4v) is 5.09. The highest BCUT2D eigenvalue weighted by Gasteiger charge is 2.80. The molecule has 136 valence electrons. The number of benzene rings is 1. The average Bonchev–Trinajstić information content (AvgIpc) is 3.23. The highest BCUT2D eigenvalue weighted by Crippen LogP contribution is 2.71. The van der Waals surface area contributed by atoms with Crippen molar-refractivity contribution in [2.24, 2.45) is 5.41 Å². The van der Waals surface area contributed by atoms with Crippen LogP contribution in [-0.2, 0) is 4.74 Å². The molecule has 0 radical (unpaired) electrons. The van der Waals surface area contributed by atoms with Gasteiger partial charge < -0.3 is 24.4 Å². The van der Waals surface area contributed by atoms with Crippen molar-refractivity contribution in [3.8, 4) is 11.5 Å². The second-order valence-electron chi connectivity index (χ2n) is 8.19. The van der Waals surface area contributed by atoms with Gasteiger partial charge in [-0.15, -0.1) is 0 Å². The molecule has 25 heavy (non-hydrogen) atoms. The molecule has 3 aliphatic rings. The summed E-state index contributed by atoms with van der Waals surface area (Å²) in [5.74, 6) is 1.19. The largest absolute Gasteiger partial charge is 0.497 e. The van der Waals surface area contributed by atoms with Gasteiger partial charge in [-0.05, 0) is 37.5 Å². The van der Waals surface area contributed by atoms with Crippen LogP contribution in [0.25, 0.3) is 6.08 Å². The monoisotopic (exact) mass is 346 g/mol. The van der Waals surface area contributed by atoms with Crippen molar-refractivity contribution in [2.75, 3.05) is 14.2 Å². The number of fused-ring (bicyclic) bond motifs is 2. The molecule has 2 fully saturated rings. The molecule has 1 heterocycles. The average molecular weight is 346 g/mol. The summed E-state index contributed by atoms with van der Waals surface area (Å²) in [6, 6.07) is 3.56. The van der Waals surface area contributed by atoms with E-state index in [1.54, 1.807) is 26.4 Å². The Kier molecular flexibility index (Phi) is 3.23. The first-order chi connectivity index (χ1) is 11.7. The molecule has 1 aromatic carbocycles. The molecular weight excluding hydrogens is 320 g/mol. The molecule has 1 spiro atoms. The number of rotatable bonds is 2. The van der Waals surface area contributed by atoms with Crippen LogP contribution in [0, 0.1) is 5.41 Å². The van der Waals surface area contributed by atoms with E-state index in [0.29, 0.717) is 29.9 Å². The maximum atomic E-state index is 11.6. The number of ether oxygens (including phenoxy) is 3. The molecule has 0 aromatic heterocycles. The van der Waals surface area contributed by atoms with Crippen molar-refractivity contribution in [1.29, 1.82) is 0 Å². The third kappa shape index (κ3) is 1.79. The third-order valence-electron chi connectivity index (χ3n) is 6.96. The van der Waals surface area contributed by atoms with E-state index < -0.39 is 22.7 Å². The van der Waals surface area contributed by atoms with Crippen molar-refractivity contribution < 1.29 is 24.4 Å². The maximum absolute atomic E-state index is 11.6. The molecule has 2 N–H and O–H groups in total. The van der Waals surface area contributed by atoms with Gasteiger partial charge in [0, 0.05) is 17.0 Å². The van der Waals surface area contributed by atoms with Crippen LogP contribution in [0.4, 0.5) is 0 Å². The van der Waals surface area contributed by atoms with Gasteiger partial charge in [0.25, 0.3) is 0 Å². The van der Waals surface area contributed by atoms with Crippen LogP contribution >= 0.6 is 0 Å². The molecule has 5 nitrogen and oxygen atoms in total. The first-order valence-electron chi connectivity index (χ1n) is 8.71. The molecule has 1 unspecified atom stereocenters. The minimum absolute atomic E-state index is 0.309. The molecular formula is C20H26O5. The van der Waals surface area contributed by atoms with E-state index in [0.717, 1.165) is 5.56 Å². The molecule has 1 saturated carbocycles. The minimum Gasteiger partial charge on any atom is -0.497 e. The minimum atomic E-state index is -1.32. The second-order valence-corrected chi connectivity index (χ2v) is 8.19. The summed E-state index contributed by atoms with van der Waals surface area (Å²) in [6.45, 7) is 6.04. The van der Waals surface area contributed by atoms with Gasteiger partial charge >= 0.3 is 0 Å². The summed E-state index contributed by atoms with van der Waals surface area (Å²) >= 11 is 0. The van der Waals surface area contributed by atoms with Gasteiger partial charge in [-0.3, -0.25) is 0 Å². The number of hydrogen-bond donors (Lipinski definition) is 2. The van der Waals surface area contributed by atoms with Gasteiger partial charge in [0.1, 0.15) is 34.4 Å². The number of epoxide rings is 1. The van der Waals surface area contributed by atoms with E-state index in [-0.39, 0.29) is 5.60 Å². The Bertz CT molecular complexity index is 770. The molecule has 1 saturated heterocycles. The fraction of sp³-hybridized carbons (Fsp3) is 0.600. The van der Waals surface area contributed by atoms with Crippen LogP contribution in [0.1, 0.15) is 50.8 Å². The van der Waals surface area contributed by atoms with E-state index >= 15 is 0 Å². The molecule has 1 aliphatic heterocycles. The Balaban J connectivity index is 2.00. The van der Waals surface area contributed by atoms with E-state index in [2.05, 4.69) is 6.92 Å². The first kappa shape index (κ1) is 16.9. The first-order valence-corrected chi connectivity index (χ1v) is 8.71. The molecule has 5 heteroatoms. The van der Waals surface area contributed by atoms with Gasteiger partial charge in [-0.1, -0.05) is 19.9 Å². The fourth-order valence-electron chi connectivity index (χ4n) is 5.09. The number of aliphatic hydroxyl groups is 2. The summed E-state index contributed by atoms with van der Waals surface area (Å²) in [5.41, 5.74) is -1.52. The predicted molar refractivity (Wildman–Crippen MR) is 93.7 cm³/mol. The maximum Gasteiger partial charge on any atom is 0.130 e. The van der Waals surface area contributed by atoms with Gasteiger partial charge in [0.2, 0.25) is 0 Å². The molecule has 2 bridgehead atoms. The Morgan fingerprint density at radius 1 is 1.12 bits per heavy atom. The highest BCUT2D eigenvalue weighted by atomic mass is 16.6. The Labute approximate surface area is 148 Å². The lowest BCUT2D eigenvalue weighted by molar-refractivity contribution is -0.181. The third-order valence-corrected chi connectivity index (χ3v) is 6.96. The van der Waals surface area contributed by atoms with Gasteiger partial charge in [-0.25, -0.2) is 0 Å². The van der Waals surface area contributed by atoms with Crippen molar-refractivity contribution in [2.45, 2.75) is 56.5 Å². The topological polar surface area (TPSA) is 71.5 Å². The van der Waals surface area contributed by atoms with Crippen LogP contribution in [0.5, 0.6) is 11.5 Å². The smallest absolute Gasteiger partial charge is 0.130 e. The van der Waals surface area contributed by atoms with E-state index in [9.17, 15) is 10.2 Å². The van der Waals surface area contributed by atoms with Gasteiger partial charge in [-0.2, -0.15) is 0 Å². The van der Waals surface area contributed by atoms with Crippen LogP contribution in [0.3, 0.4) is 0 Å². The molecule has 0 amide bonds. The summed E-state index contributed by atoms with van der Waals surface area (Å²) in [7, 11) is 3.16. The van der Waals surface area contributed by atoms with Crippen LogP contribution in [-0.4, -0.2) is 41.2 Å². The second kappa shape index (κ2) is 4.78. The van der Waals surface area contributed by atoms with Crippen molar-refractivity contribution in [3.05, 3.63) is 29.3 Å². The van der Waals surface area contributed by atoms with Crippen molar-refractivity contribution in [1.82, 2.24) is 0 Å². The Morgan fingerprint density at radius 2 is 1.84 bits per heavy atom. The standard InChI is InChI=1S/C20H26O5/c1-17(2)19(22)9-8-18(3)20(17,25-18)7-6-13-14(16(19)21)10-12(23-4)11-15(13)24-5/h6-7,10-11,16,21-22H,8-9H2,1-5H3/b7-6-/t16?,18-,19+,20-/m0/s1.